The average molecular weight is 300 g/mol. The van der Waals surface area contributed by atoms with E-state index in [1.165, 1.54) is 0 Å². The monoisotopic (exact) mass is 300 g/mol. The van der Waals surface area contributed by atoms with Crippen LogP contribution in [0.2, 0.25) is 0 Å². The van der Waals surface area contributed by atoms with Gasteiger partial charge < -0.3 is 10.2 Å². The van der Waals surface area contributed by atoms with E-state index >= 15 is 0 Å². The number of hydrogen-bond acceptors (Lipinski definition) is 2. The number of carbonyl (C=O) groups is 2. The second-order valence-electron chi connectivity index (χ2n) is 6.57. The largest absolute Gasteiger partial charge is 0.344 e. The van der Waals surface area contributed by atoms with Crippen molar-refractivity contribution in [3.63, 3.8) is 0 Å². The Hall–Kier alpha value is -1.84. The summed E-state index contributed by atoms with van der Waals surface area (Å²) in [5.41, 5.74) is 1.13. The Bertz CT molecular complexity index is 539. The van der Waals surface area contributed by atoms with E-state index in [0.717, 1.165) is 37.8 Å². The number of amides is 2. The summed E-state index contributed by atoms with van der Waals surface area (Å²) in [6.45, 7) is 3.38. The van der Waals surface area contributed by atoms with E-state index in [0.29, 0.717) is 12.5 Å². The minimum absolute atomic E-state index is 0.0392. The maximum atomic E-state index is 12.6. The van der Waals surface area contributed by atoms with E-state index in [1.54, 1.807) is 0 Å². The lowest BCUT2D eigenvalue weighted by molar-refractivity contribution is -0.140. The van der Waals surface area contributed by atoms with E-state index in [-0.39, 0.29) is 23.8 Å². The third-order valence-corrected chi connectivity index (χ3v) is 4.81. The molecular weight excluding hydrogens is 276 g/mol. The molecule has 4 nitrogen and oxygen atoms in total. The molecule has 1 saturated heterocycles. The molecule has 0 aromatic heterocycles. The maximum Gasteiger partial charge on any atom is 0.245 e. The molecule has 1 aromatic rings. The summed E-state index contributed by atoms with van der Waals surface area (Å²) in [4.78, 5) is 26.7. The molecular formula is C18H24N2O2. The van der Waals surface area contributed by atoms with Gasteiger partial charge in [-0.25, -0.2) is 0 Å². The van der Waals surface area contributed by atoms with Crippen LogP contribution in [0.15, 0.2) is 30.3 Å². The van der Waals surface area contributed by atoms with Gasteiger partial charge in [0.25, 0.3) is 0 Å². The van der Waals surface area contributed by atoms with Crippen molar-refractivity contribution in [2.24, 2.45) is 11.8 Å². The quantitative estimate of drug-likeness (QED) is 0.907. The van der Waals surface area contributed by atoms with Crippen molar-refractivity contribution in [2.75, 3.05) is 6.54 Å². The van der Waals surface area contributed by atoms with Gasteiger partial charge in [0.1, 0.15) is 6.04 Å². The summed E-state index contributed by atoms with van der Waals surface area (Å²) in [5, 5.41) is 2.98. The van der Waals surface area contributed by atoms with Gasteiger partial charge in [-0.05, 0) is 37.2 Å². The highest BCUT2D eigenvalue weighted by Gasteiger charge is 2.36. The molecule has 4 heteroatoms. The van der Waals surface area contributed by atoms with E-state index in [9.17, 15) is 9.59 Å². The van der Waals surface area contributed by atoms with Crippen LogP contribution in [0.3, 0.4) is 0 Å². The molecule has 1 heterocycles. The smallest absolute Gasteiger partial charge is 0.245 e. The molecule has 3 rings (SSSR count). The molecule has 2 fully saturated rings. The summed E-state index contributed by atoms with van der Waals surface area (Å²) in [5.74, 6) is 0.672. The normalized spacial score (nSPS) is 23.2. The molecule has 22 heavy (non-hydrogen) atoms. The van der Waals surface area contributed by atoms with Gasteiger partial charge in [-0.3, -0.25) is 9.59 Å². The molecule has 1 aromatic carbocycles. The number of rotatable bonds is 5. The zero-order chi connectivity index (χ0) is 15.5. The van der Waals surface area contributed by atoms with Crippen LogP contribution in [0, 0.1) is 11.8 Å². The SMILES string of the molecule is CC(C(=O)NC1CCCN(Cc2ccccc2)C1=O)C1CC1. The number of hydrogen-bond donors (Lipinski definition) is 1. The fourth-order valence-corrected chi connectivity index (χ4v) is 3.15. The molecule has 0 radical (unpaired) electrons. The number of piperidine rings is 1. The van der Waals surface area contributed by atoms with Crippen LogP contribution in [-0.2, 0) is 16.1 Å². The Morgan fingerprint density at radius 2 is 2.00 bits per heavy atom. The highest BCUT2D eigenvalue weighted by molar-refractivity contribution is 5.89. The van der Waals surface area contributed by atoms with Gasteiger partial charge in [0.2, 0.25) is 11.8 Å². The van der Waals surface area contributed by atoms with Crippen LogP contribution < -0.4 is 5.32 Å². The van der Waals surface area contributed by atoms with E-state index in [1.807, 2.05) is 42.2 Å². The lowest BCUT2D eigenvalue weighted by atomic mass is 10.0. The molecule has 1 aliphatic carbocycles. The molecule has 2 unspecified atom stereocenters. The van der Waals surface area contributed by atoms with Gasteiger partial charge in [-0.15, -0.1) is 0 Å². The molecule has 2 atom stereocenters. The van der Waals surface area contributed by atoms with Gasteiger partial charge in [0, 0.05) is 19.0 Å². The summed E-state index contributed by atoms with van der Waals surface area (Å²) >= 11 is 0. The first-order valence-corrected chi connectivity index (χ1v) is 8.28. The fraction of sp³-hybridized carbons (Fsp3) is 0.556. The molecule has 2 amide bonds. The Kier molecular flexibility index (Phi) is 4.46. The van der Waals surface area contributed by atoms with Crippen LogP contribution >= 0.6 is 0 Å². The first-order chi connectivity index (χ1) is 10.6. The Labute approximate surface area is 131 Å². The van der Waals surface area contributed by atoms with Crippen molar-refractivity contribution in [2.45, 2.75) is 45.2 Å². The van der Waals surface area contributed by atoms with Crippen molar-refractivity contribution in [1.82, 2.24) is 10.2 Å². The molecule has 0 bridgehead atoms. The van der Waals surface area contributed by atoms with Crippen molar-refractivity contribution >= 4 is 11.8 Å². The summed E-state index contributed by atoms with van der Waals surface area (Å²) in [6.07, 6.45) is 4.00. The van der Waals surface area contributed by atoms with E-state index in [2.05, 4.69) is 5.32 Å². The average Bonchev–Trinajstić information content (AvgIpc) is 3.36. The minimum atomic E-state index is -0.342. The topological polar surface area (TPSA) is 49.4 Å². The van der Waals surface area contributed by atoms with Gasteiger partial charge in [0.15, 0.2) is 0 Å². The molecule has 118 valence electrons. The zero-order valence-corrected chi connectivity index (χ0v) is 13.1. The van der Waals surface area contributed by atoms with Crippen molar-refractivity contribution < 1.29 is 9.59 Å². The Balaban J connectivity index is 1.58. The Morgan fingerprint density at radius 1 is 1.27 bits per heavy atom. The van der Waals surface area contributed by atoms with Crippen LogP contribution in [0.5, 0.6) is 0 Å². The van der Waals surface area contributed by atoms with Crippen molar-refractivity contribution in [1.29, 1.82) is 0 Å². The first-order valence-electron chi connectivity index (χ1n) is 8.28. The molecule has 1 aliphatic heterocycles. The number of nitrogens with zero attached hydrogens (tertiary/aromatic N) is 1. The Morgan fingerprint density at radius 3 is 2.68 bits per heavy atom. The van der Waals surface area contributed by atoms with Gasteiger partial charge in [-0.1, -0.05) is 37.3 Å². The molecule has 2 aliphatic rings. The molecule has 1 N–H and O–H groups in total. The van der Waals surface area contributed by atoms with Gasteiger partial charge in [-0.2, -0.15) is 0 Å². The standard InChI is InChI=1S/C18H24N2O2/c1-13(15-9-10-15)17(21)19-16-8-5-11-20(18(16)22)12-14-6-3-2-4-7-14/h2-4,6-7,13,15-16H,5,8-12H2,1H3,(H,19,21). The number of nitrogens with one attached hydrogen (secondary N) is 1. The van der Waals surface area contributed by atoms with Crippen LogP contribution in [-0.4, -0.2) is 29.3 Å². The van der Waals surface area contributed by atoms with Crippen LogP contribution in [0.1, 0.15) is 38.2 Å². The zero-order valence-electron chi connectivity index (χ0n) is 13.1. The number of carbonyl (C=O) groups excluding carboxylic acids is 2. The molecule has 0 spiro atoms. The number of likely N-dealkylation sites (tertiary alicyclic amines) is 1. The van der Waals surface area contributed by atoms with Gasteiger partial charge >= 0.3 is 0 Å². The summed E-state index contributed by atoms with van der Waals surface area (Å²) in [6, 6.07) is 9.67. The highest BCUT2D eigenvalue weighted by Crippen LogP contribution is 2.36. The minimum Gasteiger partial charge on any atom is -0.344 e. The highest BCUT2D eigenvalue weighted by atomic mass is 16.2. The first kappa shape index (κ1) is 15.1. The molecule has 1 saturated carbocycles. The number of benzene rings is 1. The lowest BCUT2D eigenvalue weighted by Crippen LogP contribution is -2.52. The fourth-order valence-electron chi connectivity index (χ4n) is 3.15. The summed E-state index contributed by atoms with van der Waals surface area (Å²) < 4.78 is 0. The van der Waals surface area contributed by atoms with Gasteiger partial charge in [0.05, 0.1) is 0 Å². The third kappa shape index (κ3) is 3.49. The van der Waals surface area contributed by atoms with E-state index in [4.69, 9.17) is 0 Å². The predicted molar refractivity (Wildman–Crippen MR) is 84.9 cm³/mol. The van der Waals surface area contributed by atoms with Crippen LogP contribution in [0.4, 0.5) is 0 Å². The van der Waals surface area contributed by atoms with Crippen molar-refractivity contribution in [3.8, 4) is 0 Å². The second-order valence-corrected chi connectivity index (χ2v) is 6.57. The van der Waals surface area contributed by atoms with Crippen molar-refractivity contribution in [3.05, 3.63) is 35.9 Å². The third-order valence-electron chi connectivity index (χ3n) is 4.81. The second kappa shape index (κ2) is 6.51. The van der Waals surface area contributed by atoms with Crippen LogP contribution in [0.25, 0.3) is 0 Å². The van der Waals surface area contributed by atoms with E-state index < -0.39 is 0 Å². The maximum absolute atomic E-state index is 12.6. The summed E-state index contributed by atoms with van der Waals surface area (Å²) in [7, 11) is 0. The predicted octanol–water partition coefficient (Wildman–Crippen LogP) is 2.34. The lowest BCUT2D eigenvalue weighted by Gasteiger charge is -2.33.